The van der Waals surface area contributed by atoms with Crippen LogP contribution >= 0.6 is 0 Å². The van der Waals surface area contributed by atoms with Crippen molar-refractivity contribution in [2.24, 2.45) is 13.0 Å². The summed E-state index contributed by atoms with van der Waals surface area (Å²) in [4.78, 5) is 27.8. The first-order chi connectivity index (χ1) is 15.9. The molecule has 1 saturated carbocycles. The van der Waals surface area contributed by atoms with E-state index in [-0.39, 0.29) is 28.5 Å². The fourth-order valence-corrected chi connectivity index (χ4v) is 3.92. The summed E-state index contributed by atoms with van der Waals surface area (Å²) in [6.45, 7) is -0.400. The number of aliphatic hydroxyl groups is 1. The van der Waals surface area contributed by atoms with Gasteiger partial charge in [-0.1, -0.05) is 0 Å². The lowest BCUT2D eigenvalue weighted by molar-refractivity contribution is -0.119. The van der Waals surface area contributed by atoms with Crippen LogP contribution in [-0.4, -0.2) is 36.2 Å². The molecule has 0 aliphatic heterocycles. The number of fused-ring (bicyclic) bond motifs is 1. The monoisotopic (exact) mass is 448 g/mol. The molecule has 1 fully saturated rings. The van der Waals surface area contributed by atoms with Crippen LogP contribution in [0.4, 0.5) is 10.1 Å². The lowest BCUT2D eigenvalue weighted by Gasteiger charge is -2.23. The van der Waals surface area contributed by atoms with Gasteiger partial charge in [0.15, 0.2) is 5.82 Å². The van der Waals surface area contributed by atoms with Crippen molar-refractivity contribution in [3.05, 3.63) is 72.1 Å². The number of aliphatic hydroxyl groups excluding tert-OH is 1. The number of imide groups is 1. The van der Waals surface area contributed by atoms with Crippen molar-refractivity contribution in [2.45, 2.75) is 19.4 Å². The smallest absolute Gasteiger partial charge is 0.267 e. The number of carbonyl (C=O) groups excluding carboxylic acids is 2. The van der Waals surface area contributed by atoms with E-state index in [0.717, 1.165) is 4.90 Å². The number of hydrogen-bond donors (Lipinski definition) is 2. The molecule has 2 amide bonds. The highest BCUT2D eigenvalue weighted by Gasteiger charge is 2.39. The molecule has 0 atom stereocenters. The Bertz CT molecular complexity index is 1400. The summed E-state index contributed by atoms with van der Waals surface area (Å²) in [5.41, 5.74) is 1.26. The maximum absolute atomic E-state index is 15.8. The molecule has 4 aromatic rings. The van der Waals surface area contributed by atoms with Crippen LogP contribution in [0.2, 0.25) is 0 Å². The quantitative estimate of drug-likeness (QED) is 0.457. The number of carbonyl (C=O) groups is 2. The third kappa shape index (κ3) is 3.66. The summed E-state index contributed by atoms with van der Waals surface area (Å²) in [5, 5.41) is 23.8. The van der Waals surface area contributed by atoms with Crippen molar-refractivity contribution in [1.29, 1.82) is 0 Å². The summed E-state index contributed by atoms with van der Waals surface area (Å²) in [7, 11) is 1.69. The lowest BCUT2D eigenvalue weighted by atomic mass is 10.0. The molecular formula is C24H21FN4O4. The van der Waals surface area contributed by atoms with Gasteiger partial charge >= 0.3 is 0 Å². The van der Waals surface area contributed by atoms with Gasteiger partial charge in [0.1, 0.15) is 5.75 Å². The highest BCUT2D eigenvalue weighted by Crippen LogP contribution is 2.38. The number of nitrogens with zero attached hydrogens (tertiary/aromatic N) is 4. The average molecular weight is 448 g/mol. The number of rotatable bonds is 5. The van der Waals surface area contributed by atoms with E-state index in [1.165, 1.54) is 41.2 Å². The number of amides is 2. The van der Waals surface area contributed by atoms with Crippen molar-refractivity contribution in [2.75, 3.05) is 4.90 Å². The Hall–Kier alpha value is -3.98. The summed E-state index contributed by atoms with van der Waals surface area (Å²) in [6, 6.07) is 7.21. The number of halogens is 1. The van der Waals surface area contributed by atoms with E-state index in [1.54, 1.807) is 30.0 Å². The summed E-state index contributed by atoms with van der Waals surface area (Å²) in [5.74, 6) is -2.36. The van der Waals surface area contributed by atoms with Gasteiger partial charge in [0.05, 0.1) is 29.6 Å². The van der Waals surface area contributed by atoms with Gasteiger partial charge < -0.3 is 14.6 Å². The summed E-state index contributed by atoms with van der Waals surface area (Å²) >= 11 is 0. The number of aryl methyl sites for hydroxylation is 1. The molecule has 1 aliphatic rings. The van der Waals surface area contributed by atoms with Gasteiger partial charge in [-0.05, 0) is 42.7 Å². The van der Waals surface area contributed by atoms with E-state index in [1.807, 2.05) is 0 Å². The molecule has 0 bridgehead atoms. The van der Waals surface area contributed by atoms with Gasteiger partial charge in [0, 0.05) is 48.7 Å². The molecule has 9 heteroatoms. The predicted molar refractivity (Wildman–Crippen MR) is 118 cm³/mol. The minimum atomic E-state index is -0.756. The predicted octanol–water partition coefficient (Wildman–Crippen LogP) is 3.26. The molecule has 5 rings (SSSR count). The molecule has 1 aromatic carbocycles. The largest absolute Gasteiger partial charge is 0.508 e. The number of benzene rings is 1. The second kappa shape index (κ2) is 7.86. The zero-order valence-electron chi connectivity index (χ0n) is 17.8. The first-order valence-electron chi connectivity index (χ1n) is 10.5. The first-order valence-corrected chi connectivity index (χ1v) is 10.5. The van der Waals surface area contributed by atoms with E-state index in [0.29, 0.717) is 29.5 Å². The first kappa shape index (κ1) is 20.9. The summed E-state index contributed by atoms with van der Waals surface area (Å²) in [6.07, 6.45) is 7.55. The van der Waals surface area contributed by atoms with Gasteiger partial charge in [-0.15, -0.1) is 0 Å². The lowest BCUT2D eigenvalue weighted by Crippen LogP contribution is -2.39. The molecule has 3 heterocycles. The molecule has 0 unspecified atom stereocenters. The topological polar surface area (TPSA) is 100 Å². The standard InChI is InChI=1S/C24H21FN4O4/c1-27-12-16(11-26-27)19-8-14(13-30)9-21(22(19)25)29(23(32)15-2-3-15)24(33)18-5-7-28-6-4-17(31)10-20(18)28/h4-12,15,30-31H,2-3,13H2,1H3. The highest BCUT2D eigenvalue weighted by atomic mass is 19.1. The second-order valence-corrected chi connectivity index (χ2v) is 8.20. The summed E-state index contributed by atoms with van der Waals surface area (Å²) < 4.78 is 19.0. The third-order valence-electron chi connectivity index (χ3n) is 5.78. The minimum absolute atomic E-state index is 0.0392. The van der Waals surface area contributed by atoms with E-state index in [9.17, 15) is 19.8 Å². The van der Waals surface area contributed by atoms with Crippen molar-refractivity contribution < 1.29 is 24.2 Å². The molecule has 33 heavy (non-hydrogen) atoms. The minimum Gasteiger partial charge on any atom is -0.508 e. The highest BCUT2D eigenvalue weighted by molar-refractivity contribution is 6.24. The zero-order chi connectivity index (χ0) is 23.3. The zero-order valence-corrected chi connectivity index (χ0v) is 17.8. The molecule has 2 N–H and O–H groups in total. The van der Waals surface area contributed by atoms with Crippen molar-refractivity contribution in [3.8, 4) is 16.9 Å². The van der Waals surface area contributed by atoms with Crippen LogP contribution in [0.25, 0.3) is 16.6 Å². The van der Waals surface area contributed by atoms with Crippen LogP contribution in [0.3, 0.4) is 0 Å². The number of anilines is 1. The maximum atomic E-state index is 15.8. The molecule has 168 valence electrons. The van der Waals surface area contributed by atoms with Gasteiger partial charge in [-0.3, -0.25) is 14.3 Å². The van der Waals surface area contributed by atoms with E-state index < -0.39 is 24.2 Å². The third-order valence-corrected chi connectivity index (χ3v) is 5.78. The second-order valence-electron chi connectivity index (χ2n) is 8.20. The van der Waals surface area contributed by atoms with Crippen molar-refractivity contribution in [3.63, 3.8) is 0 Å². The Morgan fingerprint density at radius 2 is 1.97 bits per heavy atom. The fraction of sp³-hybridized carbons (Fsp3) is 0.208. The molecule has 3 aromatic heterocycles. The Kier molecular flexibility index (Phi) is 4.98. The maximum Gasteiger partial charge on any atom is 0.267 e. The van der Waals surface area contributed by atoms with Crippen LogP contribution in [0.15, 0.2) is 55.1 Å². The van der Waals surface area contributed by atoms with E-state index in [4.69, 9.17) is 0 Å². The van der Waals surface area contributed by atoms with Gasteiger partial charge in [0.2, 0.25) is 5.91 Å². The molecule has 8 nitrogen and oxygen atoms in total. The Morgan fingerprint density at radius 1 is 1.21 bits per heavy atom. The Balaban J connectivity index is 1.69. The van der Waals surface area contributed by atoms with Crippen LogP contribution in [0.1, 0.15) is 28.8 Å². The number of hydrogen-bond acceptors (Lipinski definition) is 5. The molecule has 1 aliphatic carbocycles. The van der Waals surface area contributed by atoms with Crippen LogP contribution in [0, 0.1) is 11.7 Å². The SMILES string of the molecule is Cn1cc(-c2cc(CO)cc(N(C(=O)c3ccn4ccc(O)cc34)C(=O)C3CC3)c2F)cn1. The fourth-order valence-electron chi connectivity index (χ4n) is 3.92. The molecular weight excluding hydrogens is 427 g/mol. The van der Waals surface area contributed by atoms with E-state index >= 15 is 4.39 Å². The Morgan fingerprint density at radius 3 is 2.64 bits per heavy atom. The molecule has 0 radical (unpaired) electrons. The van der Waals surface area contributed by atoms with Crippen LogP contribution in [-0.2, 0) is 18.4 Å². The van der Waals surface area contributed by atoms with Crippen molar-refractivity contribution >= 4 is 23.0 Å². The molecule has 0 spiro atoms. The molecule has 0 saturated heterocycles. The van der Waals surface area contributed by atoms with Gasteiger partial charge in [0.25, 0.3) is 5.91 Å². The Labute approximate surface area is 188 Å². The van der Waals surface area contributed by atoms with Gasteiger partial charge in [-0.2, -0.15) is 5.10 Å². The van der Waals surface area contributed by atoms with Crippen LogP contribution < -0.4 is 4.90 Å². The van der Waals surface area contributed by atoms with Gasteiger partial charge in [-0.25, -0.2) is 9.29 Å². The number of aromatic hydroxyl groups is 1. The van der Waals surface area contributed by atoms with Crippen molar-refractivity contribution in [1.82, 2.24) is 14.2 Å². The average Bonchev–Trinajstić information content (AvgIpc) is 3.44. The normalized spacial score (nSPS) is 13.4. The van der Waals surface area contributed by atoms with E-state index in [2.05, 4.69) is 5.10 Å². The number of pyridine rings is 1. The van der Waals surface area contributed by atoms with Crippen LogP contribution in [0.5, 0.6) is 5.75 Å². The number of aromatic nitrogens is 3.